The summed E-state index contributed by atoms with van der Waals surface area (Å²) in [6.45, 7) is 0. The highest BCUT2D eigenvalue weighted by Gasteiger charge is 2.30. The smallest absolute Gasteiger partial charge is 0.416 e. The van der Waals surface area contributed by atoms with Crippen LogP contribution >= 0.6 is 0 Å². The molecule has 0 saturated carbocycles. The van der Waals surface area contributed by atoms with Gasteiger partial charge in [-0.25, -0.2) is 0 Å². The molecule has 26 heavy (non-hydrogen) atoms. The van der Waals surface area contributed by atoms with E-state index in [2.05, 4.69) is 10.3 Å². The van der Waals surface area contributed by atoms with Gasteiger partial charge in [0.25, 0.3) is 0 Å². The van der Waals surface area contributed by atoms with Gasteiger partial charge < -0.3 is 16.6 Å². The lowest BCUT2D eigenvalue weighted by Gasteiger charge is -2.11. The second kappa shape index (κ2) is 7.83. The molecule has 0 unspecified atom stereocenters. The normalized spacial score (nSPS) is 10.9. The first-order chi connectivity index (χ1) is 12.2. The van der Waals surface area contributed by atoms with Crippen molar-refractivity contribution >= 4 is 27.8 Å². The third-order valence-electron chi connectivity index (χ3n) is 3.53. The largest absolute Gasteiger partial charge is 0.507 e. The summed E-state index contributed by atoms with van der Waals surface area (Å²) in [5.74, 6) is 0.278. The predicted octanol–water partition coefficient (Wildman–Crippen LogP) is 4.39. The number of nitrogens with two attached hydrogens (primary N) is 2. The number of hydrogen-bond acceptors (Lipinski definition) is 5. The maximum Gasteiger partial charge on any atom is 0.416 e. The summed E-state index contributed by atoms with van der Waals surface area (Å²) in [6.07, 6.45) is -4.38. The molecule has 0 fully saturated rings. The van der Waals surface area contributed by atoms with Crippen molar-refractivity contribution in [2.75, 3.05) is 24.1 Å². The fraction of sp³-hybridized carbons (Fsp3) is 0.111. The molecule has 3 aromatic carbocycles. The van der Waals surface area contributed by atoms with Gasteiger partial charge in [0, 0.05) is 16.5 Å². The van der Waals surface area contributed by atoms with Gasteiger partial charge in [0.15, 0.2) is 0 Å². The van der Waals surface area contributed by atoms with Gasteiger partial charge in [-0.1, -0.05) is 24.3 Å². The van der Waals surface area contributed by atoms with Gasteiger partial charge in [0.1, 0.15) is 5.75 Å². The predicted molar refractivity (Wildman–Crippen MR) is 96.5 cm³/mol. The van der Waals surface area contributed by atoms with E-state index < -0.39 is 11.7 Å². The molecule has 0 bridgehead atoms. The first-order valence-electron chi connectivity index (χ1n) is 7.46. The van der Waals surface area contributed by atoms with Crippen LogP contribution < -0.4 is 16.9 Å². The molecule has 3 rings (SSSR count). The van der Waals surface area contributed by atoms with Crippen LogP contribution in [-0.2, 0) is 11.0 Å². The van der Waals surface area contributed by atoms with Crippen LogP contribution in [0.15, 0.2) is 54.6 Å². The van der Waals surface area contributed by atoms with Crippen LogP contribution in [0.3, 0.4) is 0 Å². The van der Waals surface area contributed by atoms with E-state index in [0.29, 0.717) is 5.69 Å². The average Bonchev–Trinajstić information content (AvgIpc) is 2.60. The van der Waals surface area contributed by atoms with E-state index in [4.69, 9.17) is 11.5 Å². The highest BCUT2D eigenvalue weighted by atomic mass is 19.4. The first kappa shape index (κ1) is 19.2. The minimum absolute atomic E-state index is 0.0994. The summed E-state index contributed by atoms with van der Waals surface area (Å²) in [5, 5.41) is 11.1. The SMILES string of the molecule is CONc1cc(C(F)(F)F)ccc1N.Nc1ccc(O)c2ccccc12. The third kappa shape index (κ3) is 4.48. The fourth-order valence-electron chi connectivity index (χ4n) is 2.24. The van der Waals surface area contributed by atoms with E-state index in [9.17, 15) is 18.3 Å². The number of fused-ring (bicyclic) bond motifs is 1. The Bertz CT molecular complexity index is 858. The van der Waals surface area contributed by atoms with Gasteiger partial charge in [0.2, 0.25) is 0 Å². The van der Waals surface area contributed by atoms with E-state index in [1.807, 2.05) is 24.3 Å². The summed E-state index contributed by atoms with van der Waals surface area (Å²) in [6, 6.07) is 13.8. The Labute approximate surface area is 147 Å². The Hall–Kier alpha value is -3.13. The number of nitrogens with one attached hydrogen (secondary N) is 1. The van der Waals surface area contributed by atoms with Gasteiger partial charge in [-0.15, -0.1) is 0 Å². The maximum absolute atomic E-state index is 12.2. The standard InChI is InChI=1S/C10H9NO.C8H9F3N2O/c11-9-5-6-10(12)8-4-2-1-3-7(8)9;1-14-13-7-4-5(8(9,10)11)2-3-6(7)12/h1-6,12H,11H2;2-4,13H,12H2,1H3. The second-order valence-electron chi connectivity index (χ2n) is 5.33. The number of halogens is 3. The molecule has 0 aromatic heterocycles. The monoisotopic (exact) mass is 365 g/mol. The highest BCUT2D eigenvalue weighted by Crippen LogP contribution is 2.33. The van der Waals surface area contributed by atoms with Gasteiger partial charge in [-0.05, 0) is 30.3 Å². The van der Waals surface area contributed by atoms with E-state index in [0.717, 1.165) is 22.9 Å². The summed E-state index contributed by atoms with van der Waals surface area (Å²) in [5.41, 5.74) is 13.6. The van der Waals surface area contributed by atoms with Crippen LogP contribution in [0.1, 0.15) is 5.56 Å². The van der Waals surface area contributed by atoms with E-state index in [1.165, 1.54) is 13.2 Å². The summed E-state index contributed by atoms with van der Waals surface area (Å²) >= 11 is 0. The number of phenols is 1. The van der Waals surface area contributed by atoms with Crippen LogP contribution in [0.4, 0.5) is 30.2 Å². The molecule has 0 spiro atoms. The zero-order valence-corrected chi connectivity index (χ0v) is 13.8. The molecule has 0 atom stereocenters. The number of phenolic OH excluding ortho intramolecular Hbond substituents is 1. The van der Waals surface area contributed by atoms with Crippen LogP contribution in [0, 0.1) is 0 Å². The molecule has 0 heterocycles. The number of alkyl halides is 3. The number of anilines is 3. The van der Waals surface area contributed by atoms with Gasteiger partial charge in [-0.3, -0.25) is 10.3 Å². The fourth-order valence-corrected chi connectivity index (χ4v) is 2.24. The number of aromatic hydroxyl groups is 1. The van der Waals surface area contributed by atoms with E-state index in [1.54, 1.807) is 12.1 Å². The van der Waals surface area contributed by atoms with Gasteiger partial charge in [0.05, 0.1) is 24.0 Å². The van der Waals surface area contributed by atoms with Crippen molar-refractivity contribution in [1.29, 1.82) is 0 Å². The molecule has 0 aliphatic carbocycles. The molecular formula is C18H18F3N3O2. The highest BCUT2D eigenvalue weighted by molar-refractivity contribution is 5.96. The summed E-state index contributed by atoms with van der Waals surface area (Å²) in [4.78, 5) is 4.48. The average molecular weight is 365 g/mol. The quantitative estimate of drug-likeness (QED) is 0.307. The number of rotatable bonds is 2. The van der Waals surface area contributed by atoms with Crippen molar-refractivity contribution in [2.24, 2.45) is 0 Å². The van der Waals surface area contributed by atoms with Crippen LogP contribution in [0.2, 0.25) is 0 Å². The molecule has 0 aliphatic heterocycles. The number of hydrogen-bond donors (Lipinski definition) is 4. The van der Waals surface area contributed by atoms with Crippen molar-refractivity contribution in [3.63, 3.8) is 0 Å². The molecule has 0 radical (unpaired) electrons. The Morgan fingerprint density at radius 2 is 1.54 bits per heavy atom. The zero-order chi connectivity index (χ0) is 19.3. The van der Waals surface area contributed by atoms with Crippen molar-refractivity contribution < 1.29 is 23.1 Å². The maximum atomic E-state index is 12.2. The molecule has 8 heteroatoms. The molecule has 0 aliphatic rings. The molecule has 6 N–H and O–H groups in total. The third-order valence-corrected chi connectivity index (χ3v) is 3.53. The van der Waals surface area contributed by atoms with E-state index in [-0.39, 0.29) is 17.1 Å². The number of benzene rings is 3. The van der Waals surface area contributed by atoms with Crippen LogP contribution in [0.25, 0.3) is 10.8 Å². The molecular weight excluding hydrogens is 347 g/mol. The Balaban J connectivity index is 0.000000189. The Kier molecular flexibility index (Phi) is 5.78. The lowest BCUT2D eigenvalue weighted by Crippen LogP contribution is -2.07. The van der Waals surface area contributed by atoms with Crippen LogP contribution in [-0.4, -0.2) is 12.2 Å². The summed E-state index contributed by atoms with van der Waals surface area (Å²) in [7, 11) is 1.29. The Morgan fingerprint density at radius 1 is 0.923 bits per heavy atom. The van der Waals surface area contributed by atoms with Gasteiger partial charge in [-0.2, -0.15) is 13.2 Å². The summed E-state index contributed by atoms with van der Waals surface area (Å²) < 4.78 is 36.7. The topological polar surface area (TPSA) is 93.5 Å². The lowest BCUT2D eigenvalue weighted by atomic mass is 10.1. The second-order valence-corrected chi connectivity index (χ2v) is 5.33. The van der Waals surface area contributed by atoms with Crippen molar-refractivity contribution in [3.05, 3.63) is 60.2 Å². The molecule has 3 aromatic rings. The van der Waals surface area contributed by atoms with Crippen LogP contribution in [0.5, 0.6) is 5.75 Å². The van der Waals surface area contributed by atoms with E-state index >= 15 is 0 Å². The minimum atomic E-state index is -4.38. The zero-order valence-electron chi connectivity index (χ0n) is 13.8. The molecule has 0 amide bonds. The molecule has 5 nitrogen and oxygen atoms in total. The van der Waals surface area contributed by atoms with Crippen molar-refractivity contribution in [2.45, 2.75) is 6.18 Å². The Morgan fingerprint density at radius 3 is 2.12 bits per heavy atom. The van der Waals surface area contributed by atoms with Crippen molar-refractivity contribution in [1.82, 2.24) is 0 Å². The minimum Gasteiger partial charge on any atom is -0.507 e. The number of nitrogen functional groups attached to an aromatic ring is 2. The molecule has 0 saturated heterocycles. The van der Waals surface area contributed by atoms with Gasteiger partial charge >= 0.3 is 6.18 Å². The first-order valence-corrected chi connectivity index (χ1v) is 7.46. The van der Waals surface area contributed by atoms with Crippen molar-refractivity contribution in [3.8, 4) is 5.75 Å². The lowest BCUT2D eigenvalue weighted by molar-refractivity contribution is -0.137. The molecule has 138 valence electrons.